The van der Waals surface area contributed by atoms with Gasteiger partial charge < -0.3 is 10.1 Å². The predicted octanol–water partition coefficient (Wildman–Crippen LogP) is 2.63. The van der Waals surface area contributed by atoms with Crippen LogP contribution in [0, 0.1) is 0 Å². The number of imide groups is 1. The molecule has 1 aliphatic rings. The van der Waals surface area contributed by atoms with Gasteiger partial charge >= 0.3 is 12.0 Å². The van der Waals surface area contributed by atoms with Crippen LogP contribution in [0.4, 0.5) is 4.79 Å². The summed E-state index contributed by atoms with van der Waals surface area (Å²) < 4.78 is 5.20. The van der Waals surface area contributed by atoms with Gasteiger partial charge in [-0.15, -0.1) is 0 Å². The van der Waals surface area contributed by atoms with E-state index in [4.69, 9.17) is 4.74 Å². The van der Waals surface area contributed by atoms with E-state index in [9.17, 15) is 14.4 Å². The first-order valence-electron chi connectivity index (χ1n) is 8.96. The number of urea groups is 1. The second-order valence-corrected chi connectivity index (χ2v) is 6.40. The molecular weight excluding hydrogens is 344 g/mol. The average molecular weight is 366 g/mol. The zero-order valence-electron chi connectivity index (χ0n) is 15.2. The highest BCUT2D eigenvalue weighted by atomic mass is 16.5. The Morgan fingerprint density at radius 1 is 1.04 bits per heavy atom. The SMILES string of the molecule is CCC1(c2ccccc2)NC(=O)N(CC(=O)OCCc2ccccc2)C1=O. The van der Waals surface area contributed by atoms with Gasteiger partial charge in [-0.3, -0.25) is 14.5 Å². The molecule has 1 saturated heterocycles. The molecule has 3 amide bonds. The zero-order chi connectivity index (χ0) is 19.3. The maximum atomic E-state index is 12.9. The molecule has 6 heteroatoms. The Morgan fingerprint density at radius 2 is 1.67 bits per heavy atom. The van der Waals surface area contributed by atoms with Gasteiger partial charge in [0.05, 0.1) is 6.61 Å². The number of nitrogens with one attached hydrogen (secondary N) is 1. The van der Waals surface area contributed by atoms with Crippen molar-refractivity contribution in [1.82, 2.24) is 10.2 Å². The fraction of sp³-hybridized carbons (Fsp3) is 0.286. The molecule has 2 aromatic carbocycles. The number of nitrogens with zero attached hydrogens (tertiary/aromatic N) is 1. The van der Waals surface area contributed by atoms with E-state index in [-0.39, 0.29) is 6.61 Å². The van der Waals surface area contributed by atoms with E-state index in [0.717, 1.165) is 10.5 Å². The van der Waals surface area contributed by atoms with Crippen molar-refractivity contribution in [3.05, 3.63) is 71.8 Å². The van der Waals surface area contributed by atoms with E-state index >= 15 is 0 Å². The molecule has 0 radical (unpaired) electrons. The van der Waals surface area contributed by atoms with Gasteiger partial charge in [0.15, 0.2) is 0 Å². The number of ether oxygens (including phenoxy) is 1. The highest BCUT2D eigenvalue weighted by molar-refractivity contribution is 6.09. The molecule has 0 aliphatic carbocycles. The topological polar surface area (TPSA) is 75.7 Å². The fourth-order valence-electron chi connectivity index (χ4n) is 3.23. The first-order valence-corrected chi connectivity index (χ1v) is 8.96. The van der Waals surface area contributed by atoms with Crippen molar-refractivity contribution in [2.24, 2.45) is 0 Å². The summed E-state index contributed by atoms with van der Waals surface area (Å²) in [5.74, 6) is -1.03. The van der Waals surface area contributed by atoms with Gasteiger partial charge in [-0.1, -0.05) is 67.6 Å². The van der Waals surface area contributed by atoms with Crippen molar-refractivity contribution in [3.8, 4) is 0 Å². The summed E-state index contributed by atoms with van der Waals surface area (Å²) in [6.45, 7) is 1.63. The van der Waals surface area contributed by atoms with Crippen LogP contribution in [0.1, 0.15) is 24.5 Å². The third kappa shape index (κ3) is 3.84. The average Bonchev–Trinajstić information content (AvgIpc) is 2.94. The summed E-state index contributed by atoms with van der Waals surface area (Å²) in [7, 11) is 0. The third-order valence-electron chi connectivity index (χ3n) is 4.76. The Kier molecular flexibility index (Phi) is 5.54. The molecule has 1 atom stereocenters. The molecule has 1 aliphatic heterocycles. The number of benzene rings is 2. The number of hydrogen-bond acceptors (Lipinski definition) is 4. The lowest BCUT2D eigenvalue weighted by molar-refractivity contribution is -0.147. The summed E-state index contributed by atoms with van der Waals surface area (Å²) in [4.78, 5) is 38.3. The molecule has 2 aromatic rings. The molecule has 0 aromatic heterocycles. The van der Waals surface area contributed by atoms with Gasteiger partial charge in [0.25, 0.3) is 5.91 Å². The van der Waals surface area contributed by atoms with Gasteiger partial charge in [-0.25, -0.2) is 4.79 Å². The van der Waals surface area contributed by atoms with Gasteiger partial charge in [0.2, 0.25) is 0 Å². The van der Waals surface area contributed by atoms with Crippen LogP contribution in [0.5, 0.6) is 0 Å². The third-order valence-corrected chi connectivity index (χ3v) is 4.76. The Morgan fingerprint density at radius 3 is 2.30 bits per heavy atom. The number of carbonyl (C=O) groups is 3. The van der Waals surface area contributed by atoms with Crippen molar-refractivity contribution in [2.45, 2.75) is 25.3 Å². The number of amides is 3. The maximum absolute atomic E-state index is 12.9. The van der Waals surface area contributed by atoms with Crippen molar-refractivity contribution < 1.29 is 19.1 Å². The zero-order valence-corrected chi connectivity index (χ0v) is 15.2. The lowest BCUT2D eigenvalue weighted by atomic mass is 9.87. The minimum Gasteiger partial charge on any atom is -0.464 e. The Hall–Kier alpha value is -3.15. The molecule has 6 nitrogen and oxygen atoms in total. The van der Waals surface area contributed by atoms with E-state index in [2.05, 4.69) is 5.32 Å². The molecule has 27 heavy (non-hydrogen) atoms. The van der Waals surface area contributed by atoms with Crippen LogP contribution >= 0.6 is 0 Å². The summed E-state index contributed by atoms with van der Waals surface area (Å²) in [5.41, 5.74) is 0.614. The summed E-state index contributed by atoms with van der Waals surface area (Å²) >= 11 is 0. The van der Waals surface area contributed by atoms with E-state index in [1.807, 2.05) is 55.5 Å². The van der Waals surface area contributed by atoms with Gasteiger partial charge in [-0.05, 0) is 17.5 Å². The normalized spacial score (nSPS) is 19.1. The number of esters is 1. The minimum atomic E-state index is -1.14. The van der Waals surface area contributed by atoms with Crippen LogP contribution in [0.25, 0.3) is 0 Å². The fourth-order valence-corrected chi connectivity index (χ4v) is 3.23. The summed E-state index contributed by atoms with van der Waals surface area (Å²) in [6.07, 6.45) is 0.969. The highest BCUT2D eigenvalue weighted by Crippen LogP contribution is 2.32. The predicted molar refractivity (Wildman–Crippen MR) is 99.8 cm³/mol. The van der Waals surface area contributed by atoms with Crippen LogP contribution in [0.3, 0.4) is 0 Å². The quantitative estimate of drug-likeness (QED) is 0.604. The van der Waals surface area contributed by atoms with Crippen molar-refractivity contribution in [3.63, 3.8) is 0 Å². The van der Waals surface area contributed by atoms with Crippen molar-refractivity contribution >= 4 is 17.9 Å². The lowest BCUT2D eigenvalue weighted by Gasteiger charge is -2.25. The van der Waals surface area contributed by atoms with E-state index < -0.39 is 30.0 Å². The molecule has 1 N–H and O–H groups in total. The van der Waals surface area contributed by atoms with Gasteiger partial charge in [0.1, 0.15) is 12.1 Å². The van der Waals surface area contributed by atoms with Crippen LogP contribution in [-0.2, 0) is 26.3 Å². The Balaban J connectivity index is 1.62. The van der Waals surface area contributed by atoms with Crippen LogP contribution in [0.2, 0.25) is 0 Å². The van der Waals surface area contributed by atoms with Crippen LogP contribution in [-0.4, -0.2) is 36.0 Å². The highest BCUT2D eigenvalue weighted by Gasteiger charge is 2.51. The standard InChI is InChI=1S/C21H22N2O4/c1-2-21(17-11-7-4-8-12-17)19(25)23(20(26)22-21)15-18(24)27-14-13-16-9-5-3-6-10-16/h3-12H,2,13-15H2,1H3,(H,22,26). The lowest BCUT2D eigenvalue weighted by Crippen LogP contribution is -2.44. The molecule has 0 bridgehead atoms. The largest absolute Gasteiger partial charge is 0.464 e. The van der Waals surface area contributed by atoms with Crippen LogP contribution in [0.15, 0.2) is 60.7 Å². The molecule has 0 saturated carbocycles. The minimum absolute atomic E-state index is 0.199. The molecule has 3 rings (SSSR count). The maximum Gasteiger partial charge on any atom is 0.326 e. The summed E-state index contributed by atoms with van der Waals surface area (Å²) in [6, 6.07) is 18.1. The Labute approximate surface area is 158 Å². The van der Waals surface area contributed by atoms with Crippen molar-refractivity contribution in [1.29, 1.82) is 0 Å². The molecule has 0 spiro atoms. The molecule has 1 heterocycles. The molecule has 1 fully saturated rings. The number of carbonyl (C=O) groups excluding carboxylic acids is 3. The number of rotatable bonds is 7. The number of hydrogen-bond donors (Lipinski definition) is 1. The van der Waals surface area contributed by atoms with E-state index in [0.29, 0.717) is 18.4 Å². The second-order valence-electron chi connectivity index (χ2n) is 6.40. The first-order chi connectivity index (χ1) is 13.1. The molecular formula is C21H22N2O4. The molecule has 140 valence electrons. The van der Waals surface area contributed by atoms with Gasteiger partial charge in [-0.2, -0.15) is 0 Å². The van der Waals surface area contributed by atoms with Crippen LogP contribution < -0.4 is 5.32 Å². The smallest absolute Gasteiger partial charge is 0.326 e. The molecule has 1 unspecified atom stereocenters. The monoisotopic (exact) mass is 366 g/mol. The second kappa shape index (κ2) is 8.03. The first kappa shape index (κ1) is 18.6. The van der Waals surface area contributed by atoms with E-state index in [1.165, 1.54) is 0 Å². The van der Waals surface area contributed by atoms with Crippen molar-refractivity contribution in [2.75, 3.05) is 13.2 Å². The van der Waals surface area contributed by atoms with Gasteiger partial charge in [0, 0.05) is 6.42 Å². The summed E-state index contributed by atoms with van der Waals surface area (Å²) in [5, 5.41) is 2.75. The van der Waals surface area contributed by atoms with E-state index in [1.54, 1.807) is 12.1 Å². The Bertz CT molecular complexity index is 823.